The van der Waals surface area contributed by atoms with Gasteiger partial charge in [-0.3, -0.25) is 43.5 Å². The average molecular weight is 820 g/mol. The molecule has 15 nitrogen and oxygen atoms in total. The normalized spacial score (nSPS) is 20.8. The third-order valence-electron chi connectivity index (χ3n) is 11.9. The van der Waals surface area contributed by atoms with Gasteiger partial charge >= 0.3 is 0 Å². The first kappa shape index (κ1) is 42.5. The number of carbonyl (C=O) groups is 6. The Morgan fingerprint density at radius 3 is 0.600 bits per heavy atom. The van der Waals surface area contributed by atoms with Gasteiger partial charge < -0.3 is 29.4 Å². The van der Waals surface area contributed by atoms with Crippen molar-refractivity contribution >= 4 is 35.4 Å². The molecule has 7 heterocycles. The Morgan fingerprint density at radius 1 is 0.267 bits per heavy atom. The molecule has 0 N–H and O–H groups in total. The zero-order valence-corrected chi connectivity index (χ0v) is 34.5. The van der Waals surface area contributed by atoms with Crippen LogP contribution in [0.15, 0.2) is 91.0 Å². The minimum absolute atomic E-state index is 0.0455. The van der Waals surface area contributed by atoms with Gasteiger partial charge in [0.25, 0.3) is 0 Å². The number of fused-ring (bicyclic) bond motifs is 3. The highest BCUT2D eigenvalue weighted by molar-refractivity contribution is 5.84. The van der Waals surface area contributed by atoms with Crippen LogP contribution in [-0.2, 0) is 48.4 Å². The lowest BCUT2D eigenvalue weighted by molar-refractivity contribution is -0.144. The number of carbonyl (C=O) groups excluding carboxylic acids is 6. The van der Waals surface area contributed by atoms with E-state index in [1.807, 2.05) is 106 Å². The molecule has 7 aliphatic heterocycles. The maximum absolute atomic E-state index is 13.8. The number of benzene rings is 3. The van der Waals surface area contributed by atoms with Crippen molar-refractivity contribution in [3.63, 3.8) is 0 Å². The van der Waals surface area contributed by atoms with Crippen LogP contribution in [0.4, 0.5) is 0 Å². The molecule has 15 heteroatoms. The summed E-state index contributed by atoms with van der Waals surface area (Å²) in [6.07, 6.45) is 0. The standard InChI is InChI=1S/C45H57N9O6/c55-40-31-46(28-37-10-4-1-5-11-37)32-41(56)50-18-22-52(23-19-50)43(58)34-48(30-39-14-8-3-9-15-39)36-45(60)54-26-24-53(25-27-54)44(59)35-47(29-38-12-6-2-7-13-38)33-42(57)51-20-16-49(40)17-21-51/h1-15H,16-36H2. The monoisotopic (exact) mass is 819 g/mol. The smallest absolute Gasteiger partial charge is 0.236 e. The molecule has 3 aromatic rings. The summed E-state index contributed by atoms with van der Waals surface area (Å²) in [7, 11) is 0. The molecular formula is C45H57N9O6. The van der Waals surface area contributed by atoms with E-state index < -0.39 is 0 Å². The van der Waals surface area contributed by atoms with E-state index in [9.17, 15) is 28.8 Å². The van der Waals surface area contributed by atoms with E-state index in [0.29, 0.717) is 98.2 Å². The predicted octanol–water partition coefficient (Wildman–Crippen LogP) is 0.519. The highest BCUT2D eigenvalue weighted by atomic mass is 16.2. The van der Waals surface area contributed by atoms with Crippen LogP contribution in [0.3, 0.4) is 0 Å². The molecule has 6 bridgehead atoms. The minimum Gasteiger partial charge on any atom is -0.338 e. The van der Waals surface area contributed by atoms with Crippen molar-refractivity contribution in [1.82, 2.24) is 44.1 Å². The molecule has 7 saturated heterocycles. The van der Waals surface area contributed by atoms with Crippen LogP contribution in [0.25, 0.3) is 0 Å². The molecule has 3 aromatic carbocycles. The second-order valence-electron chi connectivity index (χ2n) is 16.2. The first-order valence-corrected chi connectivity index (χ1v) is 21.1. The lowest BCUT2D eigenvalue weighted by Crippen LogP contribution is -2.56. The van der Waals surface area contributed by atoms with Gasteiger partial charge in [-0.15, -0.1) is 0 Å². The summed E-state index contributed by atoms with van der Waals surface area (Å²) in [5, 5.41) is 0. The number of rotatable bonds is 6. The number of piperazine rings is 3. The van der Waals surface area contributed by atoms with Crippen molar-refractivity contribution in [2.24, 2.45) is 0 Å². The quantitative estimate of drug-likeness (QED) is 0.350. The van der Waals surface area contributed by atoms with E-state index in [1.165, 1.54) is 0 Å². The van der Waals surface area contributed by atoms with E-state index >= 15 is 0 Å². The van der Waals surface area contributed by atoms with Gasteiger partial charge in [-0.2, -0.15) is 0 Å². The average Bonchev–Trinajstić information content (AvgIpc) is 3.27. The van der Waals surface area contributed by atoms with Gasteiger partial charge in [-0.05, 0) is 16.7 Å². The minimum atomic E-state index is -0.103. The van der Waals surface area contributed by atoms with Crippen molar-refractivity contribution in [3.8, 4) is 0 Å². The van der Waals surface area contributed by atoms with Gasteiger partial charge in [0.2, 0.25) is 35.4 Å². The first-order valence-electron chi connectivity index (χ1n) is 21.1. The summed E-state index contributed by atoms with van der Waals surface area (Å²) in [5.41, 5.74) is 2.95. The Kier molecular flexibility index (Phi) is 14.6. The molecule has 60 heavy (non-hydrogen) atoms. The SMILES string of the molecule is O=C1CN(Cc2ccccc2)CC(=O)N2CCN(CC2)C(=O)CN(Cc2ccccc2)CC(=O)N2CCN(CC2)C(=O)CN(Cc2ccccc2)CC(=O)N2CCN1CC2. The van der Waals surface area contributed by atoms with Crippen LogP contribution in [-0.4, -0.2) is 197 Å². The van der Waals surface area contributed by atoms with Gasteiger partial charge in [-0.25, -0.2) is 0 Å². The fourth-order valence-electron chi connectivity index (χ4n) is 8.39. The van der Waals surface area contributed by atoms with Crippen LogP contribution in [0.5, 0.6) is 0 Å². The largest absolute Gasteiger partial charge is 0.338 e. The summed E-state index contributed by atoms with van der Waals surface area (Å²) in [6.45, 7) is 5.98. The fraction of sp³-hybridized carbons (Fsp3) is 0.467. The molecule has 0 spiro atoms. The third-order valence-corrected chi connectivity index (χ3v) is 11.9. The highest BCUT2D eigenvalue weighted by Crippen LogP contribution is 2.14. The van der Waals surface area contributed by atoms with E-state index in [1.54, 1.807) is 29.4 Å². The number of nitrogens with zero attached hydrogens (tertiary/aromatic N) is 9. The Hall–Kier alpha value is -5.64. The van der Waals surface area contributed by atoms with E-state index in [2.05, 4.69) is 0 Å². The third kappa shape index (κ3) is 11.8. The van der Waals surface area contributed by atoms with Gasteiger partial charge in [0, 0.05) is 98.2 Å². The van der Waals surface area contributed by atoms with Crippen molar-refractivity contribution in [2.75, 3.05) is 118 Å². The van der Waals surface area contributed by atoms with E-state index in [4.69, 9.17) is 0 Å². The molecule has 0 saturated carbocycles. The van der Waals surface area contributed by atoms with Crippen LogP contribution in [0, 0.1) is 0 Å². The molecule has 0 unspecified atom stereocenters. The zero-order valence-electron chi connectivity index (χ0n) is 34.5. The molecular weight excluding hydrogens is 763 g/mol. The second kappa shape index (κ2) is 20.6. The maximum Gasteiger partial charge on any atom is 0.236 e. The molecule has 7 aliphatic rings. The van der Waals surface area contributed by atoms with Crippen LogP contribution >= 0.6 is 0 Å². The van der Waals surface area contributed by atoms with Crippen molar-refractivity contribution in [1.29, 1.82) is 0 Å². The molecule has 318 valence electrons. The Balaban J connectivity index is 1.09. The van der Waals surface area contributed by atoms with Gasteiger partial charge in [0.1, 0.15) is 0 Å². The summed E-state index contributed by atoms with van der Waals surface area (Å²) < 4.78 is 0. The van der Waals surface area contributed by atoms with Crippen LogP contribution < -0.4 is 0 Å². The molecule has 10 rings (SSSR count). The second-order valence-corrected chi connectivity index (χ2v) is 16.2. The molecule has 0 radical (unpaired) electrons. The predicted molar refractivity (Wildman–Crippen MR) is 225 cm³/mol. The molecule has 6 amide bonds. The molecule has 0 atom stereocenters. The maximum atomic E-state index is 13.8. The Bertz CT molecular complexity index is 1630. The topological polar surface area (TPSA) is 132 Å². The van der Waals surface area contributed by atoms with Crippen LogP contribution in [0.1, 0.15) is 16.7 Å². The first-order chi connectivity index (χ1) is 29.2. The summed E-state index contributed by atoms with van der Waals surface area (Å²) in [5.74, 6) is -0.619. The van der Waals surface area contributed by atoms with E-state index in [0.717, 1.165) is 16.7 Å². The lowest BCUT2D eigenvalue weighted by atomic mass is 10.2. The van der Waals surface area contributed by atoms with Gasteiger partial charge in [-0.1, -0.05) is 91.0 Å². The highest BCUT2D eigenvalue weighted by Gasteiger charge is 2.32. The van der Waals surface area contributed by atoms with Crippen molar-refractivity contribution in [3.05, 3.63) is 108 Å². The van der Waals surface area contributed by atoms with Crippen molar-refractivity contribution in [2.45, 2.75) is 19.6 Å². The number of amides is 6. The summed E-state index contributed by atoms with van der Waals surface area (Å²) in [4.78, 5) is 98.9. The Morgan fingerprint density at radius 2 is 0.433 bits per heavy atom. The van der Waals surface area contributed by atoms with Gasteiger partial charge in [0.05, 0.1) is 39.3 Å². The molecule has 0 aliphatic carbocycles. The zero-order chi connectivity index (χ0) is 41.8. The number of hydrogen-bond acceptors (Lipinski definition) is 9. The summed E-state index contributed by atoms with van der Waals surface area (Å²) in [6, 6.07) is 29.3. The van der Waals surface area contributed by atoms with Crippen LogP contribution in [0.2, 0.25) is 0 Å². The fourth-order valence-corrected chi connectivity index (χ4v) is 8.39. The summed E-state index contributed by atoms with van der Waals surface area (Å²) >= 11 is 0. The lowest BCUT2D eigenvalue weighted by Gasteiger charge is -2.38. The van der Waals surface area contributed by atoms with Crippen molar-refractivity contribution < 1.29 is 28.8 Å². The number of hydrogen-bond donors (Lipinski definition) is 0. The molecule has 7 fully saturated rings. The Labute approximate surface area is 352 Å². The van der Waals surface area contributed by atoms with Gasteiger partial charge in [0.15, 0.2) is 0 Å². The van der Waals surface area contributed by atoms with E-state index in [-0.39, 0.29) is 74.7 Å². The molecule has 0 aromatic heterocycles.